The Balaban J connectivity index is 2.44. The van der Waals surface area contributed by atoms with Gasteiger partial charge in [0.1, 0.15) is 0 Å². The average Bonchev–Trinajstić information content (AvgIpc) is 2.66. The number of halogens is 3. The fourth-order valence-corrected chi connectivity index (χ4v) is 2.08. The molecule has 5 heteroatoms. The summed E-state index contributed by atoms with van der Waals surface area (Å²) in [6.07, 6.45) is 0. The van der Waals surface area contributed by atoms with Crippen molar-refractivity contribution in [2.45, 2.75) is 5.88 Å². The first-order valence-corrected chi connectivity index (χ1v) is 5.88. The number of nitrogens with zero attached hydrogens (tertiary/aromatic N) is 1. The van der Waals surface area contributed by atoms with E-state index in [-0.39, 0.29) is 0 Å². The lowest BCUT2D eigenvalue weighted by Crippen LogP contribution is -1.76. The molecule has 15 heavy (non-hydrogen) atoms. The molecule has 0 amide bonds. The van der Waals surface area contributed by atoms with E-state index in [0.717, 1.165) is 10.0 Å². The van der Waals surface area contributed by atoms with Crippen LogP contribution in [0.1, 0.15) is 5.69 Å². The lowest BCUT2D eigenvalue weighted by molar-refractivity contribution is 0.426. The van der Waals surface area contributed by atoms with Crippen molar-refractivity contribution in [3.8, 4) is 11.3 Å². The van der Waals surface area contributed by atoms with E-state index in [1.165, 1.54) is 0 Å². The van der Waals surface area contributed by atoms with Crippen LogP contribution in [0.4, 0.5) is 0 Å². The monoisotopic (exact) mass is 305 g/mol. The molecule has 0 N–H and O–H groups in total. The van der Waals surface area contributed by atoms with Gasteiger partial charge in [0, 0.05) is 16.1 Å². The van der Waals surface area contributed by atoms with Crippen molar-refractivity contribution in [2.24, 2.45) is 0 Å². The largest absolute Gasteiger partial charge is 0.356 e. The lowest BCUT2D eigenvalue weighted by atomic mass is 10.1. The molecular formula is C10H6BrCl2NO. The van der Waals surface area contributed by atoms with E-state index in [2.05, 4.69) is 21.1 Å². The summed E-state index contributed by atoms with van der Waals surface area (Å²) in [6.45, 7) is 0. The molecule has 0 fully saturated rings. The summed E-state index contributed by atoms with van der Waals surface area (Å²) < 4.78 is 6.05. The van der Waals surface area contributed by atoms with Crippen molar-refractivity contribution in [3.63, 3.8) is 0 Å². The molecule has 0 saturated carbocycles. The smallest absolute Gasteiger partial charge is 0.168 e. The third-order valence-electron chi connectivity index (χ3n) is 1.89. The van der Waals surface area contributed by atoms with Crippen LogP contribution in [0.2, 0.25) is 5.02 Å². The molecule has 0 bridgehead atoms. The standard InChI is InChI=1S/C10H6BrCl2NO/c11-6-1-2-8(9(13)3-6)10-4-7(5-12)14-15-10/h1-4H,5H2. The fraction of sp³-hybridized carbons (Fsp3) is 0.100. The van der Waals surface area contributed by atoms with Crippen molar-refractivity contribution in [3.05, 3.63) is 39.5 Å². The molecule has 0 aliphatic carbocycles. The molecule has 0 aliphatic rings. The van der Waals surface area contributed by atoms with Gasteiger partial charge < -0.3 is 4.52 Å². The Hall–Kier alpha value is -0.510. The molecule has 0 radical (unpaired) electrons. The van der Waals surface area contributed by atoms with E-state index in [1.807, 2.05) is 12.1 Å². The molecule has 1 aromatic carbocycles. The average molecular weight is 307 g/mol. The Bertz CT molecular complexity index is 484. The zero-order valence-electron chi connectivity index (χ0n) is 7.51. The summed E-state index contributed by atoms with van der Waals surface area (Å²) in [5.41, 5.74) is 1.51. The highest BCUT2D eigenvalue weighted by Gasteiger charge is 2.09. The Labute approximate surface area is 105 Å². The van der Waals surface area contributed by atoms with Crippen LogP contribution in [0.25, 0.3) is 11.3 Å². The van der Waals surface area contributed by atoms with Crippen LogP contribution < -0.4 is 0 Å². The van der Waals surface area contributed by atoms with Crippen LogP contribution in [0.15, 0.2) is 33.3 Å². The summed E-state index contributed by atoms with van der Waals surface area (Å²) in [7, 11) is 0. The van der Waals surface area contributed by atoms with Crippen LogP contribution in [0, 0.1) is 0 Å². The highest BCUT2D eigenvalue weighted by molar-refractivity contribution is 9.10. The highest BCUT2D eigenvalue weighted by atomic mass is 79.9. The normalized spacial score (nSPS) is 10.6. The van der Waals surface area contributed by atoms with Gasteiger partial charge in [-0.15, -0.1) is 11.6 Å². The molecular weight excluding hydrogens is 301 g/mol. The van der Waals surface area contributed by atoms with Crippen LogP contribution >= 0.6 is 39.1 Å². The Morgan fingerprint density at radius 2 is 2.13 bits per heavy atom. The Kier molecular flexibility index (Phi) is 3.34. The van der Waals surface area contributed by atoms with Gasteiger partial charge in [-0.05, 0) is 18.2 Å². The number of rotatable bonds is 2. The molecule has 0 spiro atoms. The number of hydrogen-bond acceptors (Lipinski definition) is 2. The van der Waals surface area contributed by atoms with E-state index in [0.29, 0.717) is 22.4 Å². The minimum Gasteiger partial charge on any atom is -0.356 e. The molecule has 2 nitrogen and oxygen atoms in total. The molecule has 2 rings (SSSR count). The molecule has 0 unspecified atom stereocenters. The van der Waals surface area contributed by atoms with E-state index in [9.17, 15) is 0 Å². The number of alkyl halides is 1. The van der Waals surface area contributed by atoms with Gasteiger partial charge in [-0.25, -0.2) is 0 Å². The predicted octanol–water partition coefficient (Wildman–Crippen LogP) is 4.50. The van der Waals surface area contributed by atoms with Crippen molar-refractivity contribution in [1.29, 1.82) is 0 Å². The predicted molar refractivity (Wildman–Crippen MR) is 64.2 cm³/mol. The maximum Gasteiger partial charge on any atom is 0.168 e. The number of benzene rings is 1. The zero-order valence-corrected chi connectivity index (χ0v) is 10.6. The van der Waals surface area contributed by atoms with Gasteiger partial charge in [0.2, 0.25) is 0 Å². The minimum atomic E-state index is 0.331. The first kappa shape index (κ1) is 11.0. The van der Waals surface area contributed by atoms with Crippen molar-refractivity contribution in [2.75, 3.05) is 0 Å². The molecule has 1 aromatic heterocycles. The van der Waals surface area contributed by atoms with Crippen LogP contribution in [0.5, 0.6) is 0 Å². The Morgan fingerprint density at radius 3 is 2.73 bits per heavy atom. The van der Waals surface area contributed by atoms with Crippen LogP contribution in [0.3, 0.4) is 0 Å². The Morgan fingerprint density at radius 1 is 1.33 bits per heavy atom. The minimum absolute atomic E-state index is 0.331. The van der Waals surface area contributed by atoms with Gasteiger partial charge in [0.15, 0.2) is 5.76 Å². The molecule has 0 saturated heterocycles. The molecule has 0 atom stereocenters. The maximum absolute atomic E-state index is 6.07. The molecule has 78 valence electrons. The van der Waals surface area contributed by atoms with Gasteiger partial charge in [0.05, 0.1) is 16.6 Å². The fourth-order valence-electron chi connectivity index (χ4n) is 1.19. The SMILES string of the molecule is ClCc1cc(-c2ccc(Br)cc2Cl)on1. The van der Waals surface area contributed by atoms with Gasteiger partial charge in [0.25, 0.3) is 0 Å². The molecule has 2 aromatic rings. The van der Waals surface area contributed by atoms with Gasteiger partial charge in [-0.2, -0.15) is 0 Å². The van der Waals surface area contributed by atoms with E-state index in [4.69, 9.17) is 27.7 Å². The van der Waals surface area contributed by atoms with Crippen molar-refractivity contribution < 1.29 is 4.52 Å². The number of hydrogen-bond donors (Lipinski definition) is 0. The first-order chi connectivity index (χ1) is 7.20. The zero-order chi connectivity index (χ0) is 10.8. The highest BCUT2D eigenvalue weighted by Crippen LogP contribution is 2.30. The topological polar surface area (TPSA) is 26.0 Å². The van der Waals surface area contributed by atoms with E-state index in [1.54, 1.807) is 12.1 Å². The second-order valence-corrected chi connectivity index (χ2v) is 4.53. The van der Waals surface area contributed by atoms with E-state index < -0.39 is 0 Å². The third kappa shape index (κ3) is 2.36. The van der Waals surface area contributed by atoms with Crippen LogP contribution in [-0.2, 0) is 5.88 Å². The van der Waals surface area contributed by atoms with Gasteiger partial charge in [-0.1, -0.05) is 32.7 Å². The van der Waals surface area contributed by atoms with Gasteiger partial charge in [-0.3, -0.25) is 0 Å². The third-order valence-corrected chi connectivity index (χ3v) is 2.97. The second-order valence-electron chi connectivity index (χ2n) is 2.94. The van der Waals surface area contributed by atoms with Gasteiger partial charge >= 0.3 is 0 Å². The summed E-state index contributed by atoms with van der Waals surface area (Å²) in [6, 6.07) is 7.34. The first-order valence-electron chi connectivity index (χ1n) is 4.17. The van der Waals surface area contributed by atoms with E-state index >= 15 is 0 Å². The number of aromatic nitrogens is 1. The molecule has 0 aliphatic heterocycles. The summed E-state index contributed by atoms with van der Waals surface area (Å²) in [5.74, 6) is 0.959. The van der Waals surface area contributed by atoms with Crippen LogP contribution in [-0.4, -0.2) is 5.16 Å². The quantitative estimate of drug-likeness (QED) is 0.764. The molecule has 1 heterocycles. The van der Waals surface area contributed by atoms with Crippen molar-refractivity contribution >= 4 is 39.1 Å². The lowest BCUT2D eigenvalue weighted by Gasteiger charge is -1.99. The van der Waals surface area contributed by atoms with Crippen molar-refractivity contribution in [1.82, 2.24) is 5.16 Å². The summed E-state index contributed by atoms with van der Waals surface area (Å²) in [4.78, 5) is 0. The summed E-state index contributed by atoms with van der Waals surface area (Å²) >= 11 is 15.0. The maximum atomic E-state index is 6.07. The second kappa shape index (κ2) is 4.56. The summed E-state index contributed by atoms with van der Waals surface area (Å²) in [5, 5.41) is 4.41.